The van der Waals surface area contributed by atoms with Crippen LogP contribution in [0.4, 0.5) is 11.4 Å². The van der Waals surface area contributed by atoms with Gasteiger partial charge in [0, 0.05) is 16.9 Å². The van der Waals surface area contributed by atoms with E-state index in [2.05, 4.69) is 24.5 Å². The van der Waals surface area contributed by atoms with Gasteiger partial charge in [0.1, 0.15) is 5.75 Å². The first-order valence-electron chi connectivity index (χ1n) is 10.6. The predicted octanol–water partition coefficient (Wildman–Crippen LogP) is 5.00. The first kappa shape index (κ1) is 23.7. The van der Waals surface area contributed by atoms with Gasteiger partial charge in [-0.2, -0.15) is 0 Å². The Morgan fingerprint density at radius 1 is 0.818 bits per heavy atom. The van der Waals surface area contributed by atoms with Gasteiger partial charge in [-0.05, 0) is 54.4 Å². The van der Waals surface area contributed by atoms with Gasteiger partial charge in [0.2, 0.25) is 0 Å². The zero-order valence-electron chi connectivity index (χ0n) is 19.0. The van der Waals surface area contributed by atoms with Crippen molar-refractivity contribution in [2.45, 2.75) is 13.8 Å². The molecule has 2 N–H and O–H groups in total. The Labute approximate surface area is 193 Å². The smallest absolute Gasteiger partial charge is 0.262 e. The number of amides is 2. The van der Waals surface area contributed by atoms with Gasteiger partial charge in [0.25, 0.3) is 11.8 Å². The number of hydrogen-bond acceptors (Lipinski definition) is 5. The van der Waals surface area contributed by atoms with Gasteiger partial charge in [0.15, 0.2) is 18.1 Å². The number of nitrogens with one attached hydrogen (secondary N) is 2. The van der Waals surface area contributed by atoms with E-state index in [0.29, 0.717) is 46.7 Å². The van der Waals surface area contributed by atoms with Crippen molar-refractivity contribution in [1.29, 1.82) is 0 Å². The van der Waals surface area contributed by atoms with E-state index in [9.17, 15) is 9.59 Å². The maximum absolute atomic E-state index is 12.7. The third kappa shape index (κ3) is 7.28. The minimum Gasteiger partial charge on any atom is -0.493 e. The van der Waals surface area contributed by atoms with Crippen molar-refractivity contribution in [3.63, 3.8) is 0 Å². The standard InChI is InChI=1S/C26H28N2O5/c1-18(2)16-32-22-11-6-8-19(14-22)26(30)28-21-10-7-9-20(15-21)27-25(29)17-33-24-13-5-4-12-23(24)31-3/h4-15,18H,16-17H2,1-3H3,(H,27,29)(H,28,30). The molecule has 0 aromatic heterocycles. The van der Waals surface area contributed by atoms with Crippen LogP contribution in [0, 0.1) is 5.92 Å². The number of rotatable bonds is 10. The average Bonchev–Trinajstić information content (AvgIpc) is 2.82. The Kier molecular flexibility index (Phi) is 8.30. The summed E-state index contributed by atoms with van der Waals surface area (Å²) in [5, 5.41) is 5.61. The molecule has 0 unspecified atom stereocenters. The van der Waals surface area contributed by atoms with Gasteiger partial charge in [0.05, 0.1) is 13.7 Å². The fourth-order valence-corrected chi connectivity index (χ4v) is 2.95. The molecule has 0 aliphatic carbocycles. The number of ether oxygens (including phenoxy) is 3. The van der Waals surface area contributed by atoms with Gasteiger partial charge in [-0.3, -0.25) is 9.59 Å². The number of hydrogen-bond donors (Lipinski definition) is 2. The molecule has 0 fully saturated rings. The third-order valence-corrected chi connectivity index (χ3v) is 4.51. The lowest BCUT2D eigenvalue weighted by Crippen LogP contribution is -2.20. The molecule has 0 saturated heterocycles. The van der Waals surface area contributed by atoms with Gasteiger partial charge in [-0.15, -0.1) is 0 Å². The summed E-state index contributed by atoms with van der Waals surface area (Å²) >= 11 is 0. The molecule has 0 spiro atoms. The molecule has 172 valence electrons. The van der Waals surface area contributed by atoms with Crippen LogP contribution in [0.15, 0.2) is 72.8 Å². The summed E-state index contributed by atoms with van der Waals surface area (Å²) in [5.41, 5.74) is 1.57. The number of para-hydroxylation sites is 2. The van der Waals surface area contributed by atoms with E-state index in [1.54, 1.807) is 60.7 Å². The highest BCUT2D eigenvalue weighted by Crippen LogP contribution is 2.25. The van der Waals surface area contributed by atoms with Crippen molar-refractivity contribution in [3.05, 3.63) is 78.4 Å². The molecular weight excluding hydrogens is 420 g/mol. The Hall–Kier alpha value is -4.00. The third-order valence-electron chi connectivity index (χ3n) is 4.51. The van der Waals surface area contributed by atoms with E-state index in [-0.39, 0.29) is 18.4 Å². The molecule has 3 aromatic rings. The Bertz CT molecular complexity index is 1100. The fourth-order valence-electron chi connectivity index (χ4n) is 2.95. The van der Waals surface area contributed by atoms with Gasteiger partial charge in [-0.25, -0.2) is 0 Å². The lowest BCUT2D eigenvalue weighted by Gasteiger charge is -2.12. The summed E-state index contributed by atoms with van der Waals surface area (Å²) < 4.78 is 16.4. The van der Waals surface area contributed by atoms with Gasteiger partial charge >= 0.3 is 0 Å². The summed E-state index contributed by atoms with van der Waals surface area (Å²) in [6, 6.07) is 21.0. The fraction of sp³-hybridized carbons (Fsp3) is 0.231. The van der Waals surface area contributed by atoms with Crippen LogP contribution in [-0.4, -0.2) is 32.1 Å². The van der Waals surface area contributed by atoms with E-state index >= 15 is 0 Å². The minimum absolute atomic E-state index is 0.180. The maximum atomic E-state index is 12.7. The van der Waals surface area contributed by atoms with Crippen LogP contribution in [0.2, 0.25) is 0 Å². The Morgan fingerprint density at radius 3 is 2.24 bits per heavy atom. The van der Waals surface area contributed by atoms with Crippen molar-refractivity contribution in [2.24, 2.45) is 5.92 Å². The highest BCUT2D eigenvalue weighted by molar-refractivity contribution is 6.05. The van der Waals surface area contributed by atoms with Crippen molar-refractivity contribution in [1.82, 2.24) is 0 Å². The topological polar surface area (TPSA) is 85.9 Å². The lowest BCUT2D eigenvalue weighted by molar-refractivity contribution is -0.118. The molecule has 0 aliphatic rings. The van der Waals surface area contributed by atoms with Crippen molar-refractivity contribution in [2.75, 3.05) is 31.0 Å². The van der Waals surface area contributed by atoms with E-state index in [1.165, 1.54) is 7.11 Å². The van der Waals surface area contributed by atoms with Crippen LogP contribution in [0.3, 0.4) is 0 Å². The highest BCUT2D eigenvalue weighted by Gasteiger charge is 2.10. The SMILES string of the molecule is COc1ccccc1OCC(=O)Nc1cccc(NC(=O)c2cccc(OCC(C)C)c2)c1. The zero-order chi connectivity index (χ0) is 23.6. The maximum Gasteiger partial charge on any atom is 0.262 e. The molecule has 0 bridgehead atoms. The van der Waals surface area contributed by atoms with Crippen LogP contribution in [0.5, 0.6) is 17.2 Å². The van der Waals surface area contributed by atoms with Crippen LogP contribution in [0.25, 0.3) is 0 Å². The molecule has 0 saturated carbocycles. The Morgan fingerprint density at radius 2 is 1.52 bits per heavy atom. The molecule has 7 nitrogen and oxygen atoms in total. The zero-order valence-corrected chi connectivity index (χ0v) is 19.0. The minimum atomic E-state index is -0.334. The van der Waals surface area contributed by atoms with Gasteiger partial charge in [-0.1, -0.05) is 38.1 Å². The average molecular weight is 449 g/mol. The second kappa shape index (κ2) is 11.6. The van der Waals surface area contributed by atoms with Crippen molar-refractivity contribution >= 4 is 23.2 Å². The molecule has 2 amide bonds. The van der Waals surface area contributed by atoms with Crippen LogP contribution >= 0.6 is 0 Å². The molecule has 0 atom stereocenters. The molecule has 0 radical (unpaired) electrons. The number of carbonyl (C=O) groups excluding carboxylic acids is 2. The number of anilines is 2. The summed E-state index contributed by atoms with van der Waals surface area (Å²) in [6.07, 6.45) is 0. The lowest BCUT2D eigenvalue weighted by atomic mass is 10.2. The van der Waals surface area contributed by atoms with E-state index in [1.807, 2.05) is 12.1 Å². The molecular formula is C26H28N2O5. The van der Waals surface area contributed by atoms with Crippen LogP contribution in [0.1, 0.15) is 24.2 Å². The van der Waals surface area contributed by atoms with E-state index in [4.69, 9.17) is 14.2 Å². The summed E-state index contributed by atoms with van der Waals surface area (Å²) in [5.74, 6) is 1.46. The normalized spacial score (nSPS) is 10.4. The number of benzene rings is 3. The largest absolute Gasteiger partial charge is 0.493 e. The second-order valence-electron chi connectivity index (χ2n) is 7.76. The number of methoxy groups -OCH3 is 1. The molecule has 0 heterocycles. The second-order valence-corrected chi connectivity index (χ2v) is 7.76. The molecule has 3 aromatic carbocycles. The molecule has 0 aliphatic heterocycles. The first-order valence-corrected chi connectivity index (χ1v) is 10.6. The predicted molar refractivity (Wildman–Crippen MR) is 128 cm³/mol. The van der Waals surface area contributed by atoms with Crippen LogP contribution < -0.4 is 24.8 Å². The molecule has 7 heteroatoms. The summed E-state index contributed by atoms with van der Waals surface area (Å²) in [4.78, 5) is 25.0. The highest BCUT2D eigenvalue weighted by atomic mass is 16.5. The number of carbonyl (C=O) groups is 2. The van der Waals surface area contributed by atoms with Gasteiger partial charge < -0.3 is 24.8 Å². The Balaban J connectivity index is 1.57. The molecule has 33 heavy (non-hydrogen) atoms. The molecule has 3 rings (SSSR count). The van der Waals surface area contributed by atoms with Crippen LogP contribution in [-0.2, 0) is 4.79 Å². The first-order chi connectivity index (χ1) is 15.9. The monoisotopic (exact) mass is 448 g/mol. The summed E-state index contributed by atoms with van der Waals surface area (Å²) in [7, 11) is 1.54. The van der Waals surface area contributed by atoms with Crippen molar-refractivity contribution < 1.29 is 23.8 Å². The van der Waals surface area contributed by atoms with E-state index in [0.717, 1.165) is 0 Å². The van der Waals surface area contributed by atoms with E-state index < -0.39 is 0 Å². The quantitative estimate of drug-likeness (QED) is 0.456. The summed E-state index contributed by atoms with van der Waals surface area (Å²) in [6.45, 7) is 4.52. The van der Waals surface area contributed by atoms with Crippen molar-refractivity contribution in [3.8, 4) is 17.2 Å².